The molecule has 1 aliphatic heterocycles. The Hall–Kier alpha value is -3.63. The van der Waals surface area contributed by atoms with Crippen LogP contribution in [0.1, 0.15) is 31.7 Å². The second kappa shape index (κ2) is 10.7. The minimum Gasteiger partial charge on any atom is -0.368 e. The molecule has 0 radical (unpaired) electrons. The molecule has 3 aromatic rings. The van der Waals surface area contributed by atoms with Crippen molar-refractivity contribution in [1.29, 1.82) is 0 Å². The van der Waals surface area contributed by atoms with Gasteiger partial charge in [-0.3, -0.25) is 15.1 Å². The third-order valence-electron chi connectivity index (χ3n) is 6.51. The summed E-state index contributed by atoms with van der Waals surface area (Å²) in [4.78, 5) is 38.9. The predicted octanol–water partition coefficient (Wildman–Crippen LogP) is 3.19. The number of thiazole rings is 1. The average molecular weight is 598 g/mol. The largest absolute Gasteiger partial charge is 0.399 e. The molecule has 2 atom stereocenters. The SMILES string of the molecule is Cc1nc(NC(=O)N2C[C@H](NS(=O)(=O)c3ccccn3)C[C@H]2C(N)=O)sc1-c1ccnc(C(C)(C)C(F)(F)F)c1. The number of anilines is 1. The first kappa shape index (κ1) is 29.4. The van der Waals surface area contributed by atoms with Crippen LogP contribution in [0.3, 0.4) is 0 Å². The van der Waals surface area contributed by atoms with Crippen molar-refractivity contribution in [3.8, 4) is 10.4 Å². The second-order valence-electron chi connectivity index (χ2n) is 9.71. The molecule has 3 amide bonds. The summed E-state index contributed by atoms with van der Waals surface area (Å²) in [5, 5.41) is 2.51. The molecule has 0 saturated carbocycles. The van der Waals surface area contributed by atoms with Crippen molar-refractivity contribution in [2.75, 3.05) is 11.9 Å². The Morgan fingerprint density at radius 3 is 2.50 bits per heavy atom. The Labute approximate surface area is 232 Å². The molecule has 0 unspecified atom stereocenters. The highest BCUT2D eigenvalue weighted by Gasteiger charge is 2.49. The number of carbonyl (C=O) groups excluding carboxylic acids is 2. The van der Waals surface area contributed by atoms with E-state index in [2.05, 4.69) is 25.0 Å². The first-order valence-corrected chi connectivity index (χ1v) is 14.2. The van der Waals surface area contributed by atoms with Crippen molar-refractivity contribution in [3.63, 3.8) is 0 Å². The maximum Gasteiger partial charge on any atom is 0.399 e. The van der Waals surface area contributed by atoms with Crippen molar-refractivity contribution in [3.05, 3.63) is 54.1 Å². The number of hydrogen-bond acceptors (Lipinski definition) is 8. The first-order chi connectivity index (χ1) is 18.6. The van der Waals surface area contributed by atoms with Crippen molar-refractivity contribution in [2.24, 2.45) is 5.73 Å². The van der Waals surface area contributed by atoms with Crippen LogP contribution in [0.5, 0.6) is 0 Å². The van der Waals surface area contributed by atoms with Gasteiger partial charge in [-0.25, -0.2) is 27.9 Å². The number of nitrogens with two attached hydrogens (primary N) is 1. The minimum atomic E-state index is -4.52. The van der Waals surface area contributed by atoms with Crippen LogP contribution in [0.2, 0.25) is 0 Å². The number of sulfonamides is 1. The fourth-order valence-electron chi connectivity index (χ4n) is 4.14. The topological polar surface area (TPSA) is 160 Å². The van der Waals surface area contributed by atoms with E-state index in [1.807, 2.05) is 0 Å². The number of aryl methyl sites for hydroxylation is 1. The molecule has 16 heteroatoms. The van der Waals surface area contributed by atoms with Crippen LogP contribution >= 0.6 is 11.3 Å². The van der Waals surface area contributed by atoms with Crippen LogP contribution in [-0.2, 0) is 20.2 Å². The second-order valence-corrected chi connectivity index (χ2v) is 12.4. The van der Waals surface area contributed by atoms with E-state index in [0.717, 1.165) is 30.1 Å². The Balaban J connectivity index is 1.52. The number of nitrogens with one attached hydrogen (secondary N) is 2. The molecule has 11 nitrogen and oxygen atoms in total. The molecule has 0 aliphatic carbocycles. The lowest BCUT2D eigenvalue weighted by molar-refractivity contribution is -0.181. The van der Waals surface area contributed by atoms with Gasteiger partial charge >= 0.3 is 12.2 Å². The summed E-state index contributed by atoms with van der Waals surface area (Å²) in [7, 11) is -4.01. The molecule has 1 aliphatic rings. The third kappa shape index (κ3) is 5.93. The fourth-order valence-corrected chi connectivity index (χ4v) is 6.28. The van der Waals surface area contributed by atoms with Crippen LogP contribution in [0.4, 0.5) is 23.1 Å². The standard InChI is InChI=1S/C24H26F3N7O4S2/c1-13-19(14-7-9-29-17(10-14)23(2,3)24(25,26)27)39-21(31-13)32-22(36)34-12-15(11-16(34)20(28)35)33-40(37,38)18-6-4-5-8-30-18/h4-10,15-16,33H,11-12H2,1-3H3,(H2,28,35)(H,31,32,36)/t15-,16+/m1/s1. The minimum absolute atomic E-state index is 0.0499. The lowest BCUT2D eigenvalue weighted by Crippen LogP contribution is -2.46. The van der Waals surface area contributed by atoms with E-state index >= 15 is 0 Å². The quantitative estimate of drug-likeness (QED) is 0.377. The van der Waals surface area contributed by atoms with Gasteiger partial charge in [0.1, 0.15) is 11.5 Å². The monoisotopic (exact) mass is 597 g/mol. The maximum absolute atomic E-state index is 13.5. The molecular formula is C24H26F3N7O4S2. The smallest absolute Gasteiger partial charge is 0.368 e. The Morgan fingerprint density at radius 1 is 1.15 bits per heavy atom. The summed E-state index contributed by atoms with van der Waals surface area (Å²) >= 11 is 1.03. The summed E-state index contributed by atoms with van der Waals surface area (Å²) in [5.41, 5.74) is 4.03. The summed E-state index contributed by atoms with van der Waals surface area (Å²) in [6.07, 6.45) is -1.96. The van der Waals surface area contributed by atoms with Crippen molar-refractivity contribution in [1.82, 2.24) is 24.6 Å². The van der Waals surface area contributed by atoms with E-state index < -0.39 is 45.6 Å². The molecule has 0 aromatic carbocycles. The molecule has 1 saturated heterocycles. The number of carbonyl (C=O) groups is 2. The Kier molecular flexibility index (Phi) is 7.88. The fraction of sp³-hybridized carbons (Fsp3) is 0.375. The molecular weight excluding hydrogens is 571 g/mol. The number of alkyl halides is 3. The first-order valence-electron chi connectivity index (χ1n) is 11.9. The number of likely N-dealkylation sites (tertiary alicyclic amines) is 1. The number of amides is 3. The van der Waals surface area contributed by atoms with Gasteiger partial charge in [-0.2, -0.15) is 13.2 Å². The lowest BCUT2D eigenvalue weighted by atomic mass is 9.87. The van der Waals surface area contributed by atoms with E-state index in [-0.39, 0.29) is 28.8 Å². The number of pyridine rings is 2. The zero-order valence-electron chi connectivity index (χ0n) is 21.6. The number of hydrogen-bond donors (Lipinski definition) is 3. The molecule has 214 valence electrons. The molecule has 0 spiro atoms. The van der Waals surface area contributed by atoms with Crippen molar-refractivity contribution >= 4 is 38.4 Å². The summed E-state index contributed by atoms with van der Waals surface area (Å²) in [6, 6.07) is 4.62. The number of rotatable bonds is 7. The van der Waals surface area contributed by atoms with Gasteiger partial charge in [0, 0.05) is 25.0 Å². The van der Waals surface area contributed by atoms with Crippen LogP contribution < -0.4 is 15.8 Å². The number of primary amides is 1. The van der Waals surface area contributed by atoms with Crippen molar-refractivity contribution in [2.45, 2.75) is 55.9 Å². The molecule has 4 rings (SSSR count). The molecule has 3 aromatic heterocycles. The summed E-state index contributed by atoms with van der Waals surface area (Å²) < 4.78 is 68.4. The van der Waals surface area contributed by atoms with Crippen LogP contribution in [-0.4, -0.2) is 65.0 Å². The van der Waals surface area contributed by atoms with E-state index in [9.17, 15) is 31.2 Å². The zero-order chi connectivity index (χ0) is 29.5. The molecule has 0 bridgehead atoms. The van der Waals surface area contributed by atoms with Crippen LogP contribution in [0.25, 0.3) is 10.4 Å². The molecule has 4 heterocycles. The van der Waals surface area contributed by atoms with Gasteiger partial charge in [-0.1, -0.05) is 17.4 Å². The van der Waals surface area contributed by atoms with Crippen LogP contribution in [0.15, 0.2) is 47.8 Å². The predicted molar refractivity (Wildman–Crippen MR) is 141 cm³/mol. The summed E-state index contributed by atoms with van der Waals surface area (Å²) in [5.74, 6) is -0.817. The summed E-state index contributed by atoms with van der Waals surface area (Å²) in [6.45, 7) is 3.57. The van der Waals surface area contributed by atoms with Gasteiger partial charge in [0.15, 0.2) is 10.2 Å². The van der Waals surface area contributed by atoms with E-state index in [1.165, 1.54) is 30.6 Å². The van der Waals surface area contributed by atoms with Crippen LogP contribution in [0, 0.1) is 6.92 Å². The van der Waals surface area contributed by atoms with E-state index in [1.54, 1.807) is 19.1 Å². The van der Waals surface area contributed by atoms with Gasteiger partial charge in [0.2, 0.25) is 5.91 Å². The highest BCUT2D eigenvalue weighted by molar-refractivity contribution is 7.89. The third-order valence-corrected chi connectivity index (χ3v) is 9.06. The van der Waals surface area contributed by atoms with Gasteiger partial charge in [-0.15, -0.1) is 0 Å². The van der Waals surface area contributed by atoms with E-state index in [0.29, 0.717) is 16.1 Å². The molecule has 40 heavy (non-hydrogen) atoms. The zero-order valence-corrected chi connectivity index (χ0v) is 23.2. The molecule has 1 fully saturated rings. The number of nitrogens with zero attached hydrogens (tertiary/aromatic N) is 4. The van der Waals surface area contributed by atoms with Gasteiger partial charge in [0.05, 0.1) is 16.3 Å². The van der Waals surface area contributed by atoms with E-state index in [4.69, 9.17) is 5.73 Å². The highest BCUT2D eigenvalue weighted by atomic mass is 32.2. The highest BCUT2D eigenvalue weighted by Crippen LogP contribution is 2.41. The average Bonchev–Trinajstić information content (AvgIpc) is 3.47. The number of urea groups is 1. The maximum atomic E-state index is 13.5. The lowest BCUT2D eigenvalue weighted by Gasteiger charge is -2.27. The van der Waals surface area contributed by atoms with Gasteiger partial charge in [0.25, 0.3) is 10.0 Å². The Bertz CT molecular complexity index is 1530. The van der Waals surface area contributed by atoms with Gasteiger partial charge < -0.3 is 10.6 Å². The Morgan fingerprint density at radius 2 is 1.88 bits per heavy atom. The normalized spacial score (nSPS) is 18.1. The van der Waals surface area contributed by atoms with Gasteiger partial charge in [-0.05, 0) is 57.0 Å². The molecule has 4 N–H and O–H groups in total. The van der Waals surface area contributed by atoms with Crippen molar-refractivity contribution < 1.29 is 31.2 Å². The number of halogens is 3. The number of aromatic nitrogens is 3.